The molecule has 1 unspecified atom stereocenters. The van der Waals surface area contributed by atoms with Crippen LogP contribution in [0.3, 0.4) is 0 Å². The Morgan fingerprint density at radius 1 is 1.43 bits per heavy atom. The Morgan fingerprint density at radius 3 is 2.91 bits per heavy atom. The first-order valence-corrected chi connectivity index (χ1v) is 10.4. The van der Waals surface area contributed by atoms with E-state index in [4.69, 9.17) is 4.99 Å². The molecule has 1 saturated heterocycles. The van der Waals surface area contributed by atoms with Crippen LogP contribution in [-0.2, 0) is 13.0 Å². The van der Waals surface area contributed by atoms with Gasteiger partial charge in [0.1, 0.15) is 0 Å². The summed E-state index contributed by atoms with van der Waals surface area (Å²) < 4.78 is 0.352. The Balaban J connectivity index is 1.88. The van der Waals surface area contributed by atoms with Crippen molar-refractivity contribution >= 4 is 29.1 Å². The number of guanidine groups is 1. The quantitative estimate of drug-likeness (QED) is 0.579. The number of aromatic nitrogens is 1. The van der Waals surface area contributed by atoms with Crippen LogP contribution in [-0.4, -0.2) is 34.5 Å². The van der Waals surface area contributed by atoms with Crippen LogP contribution < -0.4 is 10.6 Å². The minimum atomic E-state index is 0.352. The summed E-state index contributed by atoms with van der Waals surface area (Å²) in [4.78, 5) is 10.5. The highest BCUT2D eigenvalue weighted by Gasteiger charge is 2.29. The number of thioether (sulfide) groups is 1. The van der Waals surface area contributed by atoms with Crippen molar-refractivity contribution < 1.29 is 0 Å². The first-order valence-electron chi connectivity index (χ1n) is 8.60. The molecule has 0 radical (unpaired) electrons. The van der Waals surface area contributed by atoms with Crippen LogP contribution in [0.2, 0.25) is 0 Å². The lowest BCUT2D eigenvalue weighted by Gasteiger charge is -2.24. The molecule has 1 atom stereocenters. The molecule has 0 bridgehead atoms. The van der Waals surface area contributed by atoms with Gasteiger partial charge in [-0.25, -0.2) is 9.98 Å². The van der Waals surface area contributed by atoms with E-state index in [1.54, 1.807) is 11.3 Å². The molecule has 130 valence electrons. The van der Waals surface area contributed by atoms with Gasteiger partial charge in [-0.1, -0.05) is 13.8 Å². The summed E-state index contributed by atoms with van der Waals surface area (Å²) in [5.74, 6) is 2.85. The highest BCUT2D eigenvalue weighted by molar-refractivity contribution is 8.00. The molecule has 0 aliphatic carbocycles. The van der Waals surface area contributed by atoms with Crippen molar-refractivity contribution in [3.8, 4) is 0 Å². The molecule has 6 heteroatoms. The van der Waals surface area contributed by atoms with E-state index in [2.05, 4.69) is 55.1 Å². The van der Waals surface area contributed by atoms with Gasteiger partial charge in [0.05, 0.1) is 11.6 Å². The number of rotatable bonds is 7. The number of aliphatic imine (C=N–C) groups is 1. The number of thiazole rings is 1. The van der Waals surface area contributed by atoms with Crippen LogP contribution in [0.4, 0.5) is 0 Å². The van der Waals surface area contributed by atoms with Gasteiger partial charge in [0.2, 0.25) is 0 Å². The van der Waals surface area contributed by atoms with Crippen molar-refractivity contribution in [3.63, 3.8) is 0 Å². The summed E-state index contributed by atoms with van der Waals surface area (Å²) in [5, 5.41) is 8.08. The molecule has 1 aliphatic heterocycles. The van der Waals surface area contributed by atoms with E-state index >= 15 is 0 Å². The second kappa shape index (κ2) is 8.92. The third-order valence-corrected chi connectivity index (χ3v) is 6.39. The predicted molar refractivity (Wildman–Crippen MR) is 104 cm³/mol. The monoisotopic (exact) mass is 354 g/mol. The van der Waals surface area contributed by atoms with Crippen molar-refractivity contribution in [1.82, 2.24) is 15.6 Å². The SMILES string of the molecule is CCNC(=NCc1cnc(CC(C)C)s1)NCC1(C)CCCS1. The molecule has 2 rings (SSSR count). The minimum absolute atomic E-state index is 0.352. The molecule has 2 N–H and O–H groups in total. The van der Waals surface area contributed by atoms with E-state index in [0.717, 1.165) is 25.5 Å². The van der Waals surface area contributed by atoms with E-state index in [1.165, 1.54) is 28.5 Å². The maximum atomic E-state index is 4.72. The second-order valence-electron chi connectivity index (χ2n) is 6.77. The molecule has 1 aromatic rings. The zero-order valence-corrected chi connectivity index (χ0v) is 16.4. The molecule has 0 aromatic carbocycles. The molecule has 0 amide bonds. The fourth-order valence-corrected chi connectivity index (χ4v) is 4.91. The van der Waals surface area contributed by atoms with Crippen LogP contribution in [0.1, 0.15) is 50.4 Å². The third kappa shape index (κ3) is 6.34. The molecule has 4 nitrogen and oxygen atoms in total. The van der Waals surface area contributed by atoms with Gasteiger partial charge >= 0.3 is 0 Å². The van der Waals surface area contributed by atoms with E-state index in [0.29, 0.717) is 17.2 Å². The van der Waals surface area contributed by atoms with Crippen molar-refractivity contribution in [3.05, 3.63) is 16.1 Å². The Bertz CT molecular complexity index is 504. The van der Waals surface area contributed by atoms with Gasteiger partial charge in [0.25, 0.3) is 0 Å². The maximum absolute atomic E-state index is 4.72. The average Bonchev–Trinajstić information content (AvgIpc) is 3.11. The number of hydrogen-bond acceptors (Lipinski definition) is 4. The summed E-state index contributed by atoms with van der Waals surface area (Å²) in [6.45, 7) is 11.5. The molecule has 1 aromatic heterocycles. The molecule has 2 heterocycles. The zero-order chi connectivity index (χ0) is 16.7. The van der Waals surface area contributed by atoms with Crippen molar-refractivity contribution in [2.24, 2.45) is 10.9 Å². The average molecular weight is 355 g/mol. The first-order chi connectivity index (χ1) is 11.0. The lowest BCUT2D eigenvalue weighted by molar-refractivity contribution is 0.585. The predicted octanol–water partition coefficient (Wildman–Crippen LogP) is 3.68. The molecule has 0 saturated carbocycles. The first kappa shape index (κ1) is 18.6. The van der Waals surface area contributed by atoms with Crippen LogP contribution in [0.15, 0.2) is 11.2 Å². The standard InChI is InChI=1S/C17H30N4S2/c1-5-18-16(21-12-17(4)7-6-8-22-17)20-11-14-10-19-15(23-14)9-13(2)3/h10,13H,5-9,11-12H2,1-4H3,(H2,18,20,21). The van der Waals surface area contributed by atoms with Crippen molar-refractivity contribution in [1.29, 1.82) is 0 Å². The van der Waals surface area contributed by atoms with Gasteiger partial charge in [0, 0.05) is 35.3 Å². The molecular weight excluding hydrogens is 324 g/mol. The molecule has 1 fully saturated rings. The van der Waals surface area contributed by atoms with Crippen LogP contribution in [0.5, 0.6) is 0 Å². The van der Waals surface area contributed by atoms with Gasteiger partial charge < -0.3 is 10.6 Å². The Labute approximate surface area is 149 Å². The fourth-order valence-electron chi connectivity index (χ4n) is 2.61. The van der Waals surface area contributed by atoms with E-state index in [-0.39, 0.29) is 0 Å². The summed E-state index contributed by atoms with van der Waals surface area (Å²) in [6.07, 6.45) is 5.65. The normalized spacial score (nSPS) is 21.9. The fraction of sp³-hybridized carbons (Fsp3) is 0.765. The van der Waals surface area contributed by atoms with Gasteiger partial charge in [-0.15, -0.1) is 11.3 Å². The number of hydrogen-bond donors (Lipinski definition) is 2. The van der Waals surface area contributed by atoms with E-state index < -0.39 is 0 Å². The molecular formula is C17H30N4S2. The van der Waals surface area contributed by atoms with Gasteiger partial charge in [-0.2, -0.15) is 11.8 Å². The van der Waals surface area contributed by atoms with E-state index in [1.807, 2.05) is 6.20 Å². The topological polar surface area (TPSA) is 49.3 Å². The largest absolute Gasteiger partial charge is 0.357 e. The molecule has 0 spiro atoms. The van der Waals surface area contributed by atoms with Crippen LogP contribution >= 0.6 is 23.1 Å². The van der Waals surface area contributed by atoms with Crippen molar-refractivity contribution in [2.75, 3.05) is 18.8 Å². The smallest absolute Gasteiger partial charge is 0.191 e. The number of nitrogens with one attached hydrogen (secondary N) is 2. The Kier molecular flexibility index (Phi) is 7.21. The van der Waals surface area contributed by atoms with Gasteiger partial charge in [0.15, 0.2) is 5.96 Å². The number of nitrogens with zero attached hydrogens (tertiary/aromatic N) is 2. The highest BCUT2D eigenvalue weighted by atomic mass is 32.2. The summed E-state index contributed by atoms with van der Waals surface area (Å²) in [5.41, 5.74) is 0. The Hall–Kier alpha value is -0.750. The van der Waals surface area contributed by atoms with Gasteiger partial charge in [-0.3, -0.25) is 0 Å². The minimum Gasteiger partial charge on any atom is -0.357 e. The summed E-state index contributed by atoms with van der Waals surface area (Å²) >= 11 is 3.86. The van der Waals surface area contributed by atoms with Crippen molar-refractivity contribution in [2.45, 2.75) is 58.2 Å². The zero-order valence-electron chi connectivity index (χ0n) is 14.8. The van der Waals surface area contributed by atoms with Crippen LogP contribution in [0, 0.1) is 5.92 Å². The van der Waals surface area contributed by atoms with Gasteiger partial charge in [-0.05, 0) is 38.4 Å². The van der Waals surface area contributed by atoms with E-state index in [9.17, 15) is 0 Å². The second-order valence-corrected chi connectivity index (χ2v) is 9.65. The Morgan fingerprint density at radius 2 is 2.26 bits per heavy atom. The third-order valence-electron chi connectivity index (χ3n) is 3.85. The molecule has 23 heavy (non-hydrogen) atoms. The lowest BCUT2D eigenvalue weighted by Crippen LogP contribution is -2.43. The molecule has 1 aliphatic rings. The summed E-state index contributed by atoms with van der Waals surface area (Å²) in [6, 6.07) is 0. The van der Waals surface area contributed by atoms with Crippen LogP contribution in [0.25, 0.3) is 0 Å². The lowest BCUT2D eigenvalue weighted by atomic mass is 10.1. The highest BCUT2D eigenvalue weighted by Crippen LogP contribution is 2.36. The maximum Gasteiger partial charge on any atom is 0.191 e. The summed E-state index contributed by atoms with van der Waals surface area (Å²) in [7, 11) is 0.